The summed E-state index contributed by atoms with van der Waals surface area (Å²) in [5.41, 5.74) is 0. The molecule has 120 valence electrons. The van der Waals surface area contributed by atoms with Crippen molar-refractivity contribution in [1.29, 1.82) is 0 Å². The number of hydrogen-bond donors (Lipinski definition) is 0. The molecule has 0 aromatic heterocycles. The van der Waals surface area contributed by atoms with Crippen molar-refractivity contribution in [2.24, 2.45) is 5.92 Å². The highest BCUT2D eigenvalue weighted by molar-refractivity contribution is 6.86. The van der Waals surface area contributed by atoms with Crippen molar-refractivity contribution in [3.63, 3.8) is 0 Å². The van der Waals surface area contributed by atoms with Crippen molar-refractivity contribution in [3.05, 3.63) is 23.9 Å². The van der Waals surface area contributed by atoms with E-state index >= 15 is 0 Å². The van der Waals surface area contributed by atoms with Gasteiger partial charge in [-0.3, -0.25) is 9.59 Å². The van der Waals surface area contributed by atoms with Gasteiger partial charge in [-0.15, -0.1) is 0 Å². The minimum atomic E-state index is -1.48. The van der Waals surface area contributed by atoms with Crippen molar-refractivity contribution in [1.82, 2.24) is 0 Å². The van der Waals surface area contributed by atoms with Gasteiger partial charge >= 0.3 is 11.9 Å². The minimum absolute atomic E-state index is 0.278. The van der Waals surface area contributed by atoms with Crippen LogP contribution in [0.15, 0.2) is 23.9 Å². The lowest BCUT2D eigenvalue weighted by Gasteiger charge is -2.28. The molecule has 0 radical (unpaired) electrons. The maximum absolute atomic E-state index is 11.6. The van der Waals surface area contributed by atoms with Gasteiger partial charge in [0, 0.05) is 0 Å². The van der Waals surface area contributed by atoms with Crippen LogP contribution in [0.4, 0.5) is 0 Å². The number of hydrogen-bond acceptors (Lipinski definition) is 4. The molecule has 0 saturated heterocycles. The van der Waals surface area contributed by atoms with Crippen LogP contribution in [0, 0.1) is 5.92 Å². The van der Waals surface area contributed by atoms with Crippen LogP contribution in [-0.4, -0.2) is 34.2 Å². The van der Waals surface area contributed by atoms with Crippen LogP contribution in [0.25, 0.3) is 0 Å². The van der Waals surface area contributed by atoms with E-state index in [4.69, 9.17) is 0 Å². The Morgan fingerprint density at radius 1 is 1.05 bits per heavy atom. The summed E-state index contributed by atoms with van der Waals surface area (Å²) in [7, 11) is 1.06. The van der Waals surface area contributed by atoms with Gasteiger partial charge in [-0.1, -0.05) is 62.8 Å². The molecule has 4 nitrogen and oxygen atoms in total. The van der Waals surface area contributed by atoms with E-state index in [0.717, 1.165) is 18.1 Å². The van der Waals surface area contributed by atoms with Gasteiger partial charge in [0.15, 0.2) is 5.92 Å². The van der Waals surface area contributed by atoms with Gasteiger partial charge in [0.05, 0.1) is 22.3 Å². The van der Waals surface area contributed by atoms with Crippen LogP contribution in [-0.2, 0) is 19.1 Å². The molecule has 0 aliphatic rings. The predicted molar refractivity (Wildman–Crippen MR) is 87.6 cm³/mol. The first-order chi connectivity index (χ1) is 9.92. The van der Waals surface area contributed by atoms with Gasteiger partial charge < -0.3 is 9.47 Å². The lowest BCUT2D eigenvalue weighted by molar-refractivity contribution is -0.158. The Bertz CT molecular complexity index is 373. The van der Waals surface area contributed by atoms with E-state index < -0.39 is 25.9 Å². The number of ether oxygens (including phenoxy) is 2. The molecule has 0 saturated carbocycles. The fourth-order valence-electron chi connectivity index (χ4n) is 2.53. The monoisotopic (exact) mass is 312 g/mol. The average molecular weight is 312 g/mol. The molecule has 0 bridgehead atoms. The van der Waals surface area contributed by atoms with Gasteiger partial charge in [-0.25, -0.2) is 0 Å². The molecule has 0 fully saturated rings. The van der Waals surface area contributed by atoms with E-state index in [-0.39, 0.29) is 6.42 Å². The molecular weight excluding hydrogens is 284 g/mol. The zero-order valence-electron chi connectivity index (χ0n) is 13.9. The molecule has 0 rings (SSSR count). The third-order valence-electron chi connectivity index (χ3n) is 4.37. The Hall–Kier alpha value is -1.36. The van der Waals surface area contributed by atoms with E-state index in [0.29, 0.717) is 0 Å². The summed E-state index contributed by atoms with van der Waals surface area (Å²) in [6, 6.07) is 3.46. The first kappa shape index (κ1) is 19.6. The number of esters is 2. The Morgan fingerprint density at radius 2 is 1.48 bits per heavy atom. The third kappa shape index (κ3) is 5.15. The van der Waals surface area contributed by atoms with Crippen LogP contribution < -0.4 is 0 Å². The molecule has 0 aromatic rings. The molecule has 0 unspecified atom stereocenters. The quantitative estimate of drug-likeness (QED) is 0.283. The topological polar surface area (TPSA) is 52.6 Å². The molecule has 0 atom stereocenters. The van der Waals surface area contributed by atoms with Crippen LogP contribution in [0.5, 0.6) is 0 Å². The average Bonchev–Trinajstić information content (AvgIpc) is 2.52. The van der Waals surface area contributed by atoms with Gasteiger partial charge in [0.2, 0.25) is 0 Å². The first-order valence-electron chi connectivity index (χ1n) is 7.43. The number of carbonyl (C=O) groups excluding carboxylic acids is 2. The number of allylic oxidation sites excluding steroid dienone is 3. The lowest BCUT2D eigenvalue weighted by Crippen LogP contribution is -2.33. The molecule has 0 amide bonds. The van der Waals surface area contributed by atoms with Crippen LogP contribution >= 0.6 is 0 Å². The van der Waals surface area contributed by atoms with Gasteiger partial charge in [0.25, 0.3) is 0 Å². The summed E-state index contributed by atoms with van der Waals surface area (Å²) in [5.74, 6) is -2.03. The zero-order chi connectivity index (χ0) is 16.5. The van der Waals surface area contributed by atoms with Gasteiger partial charge in [-0.2, -0.15) is 0 Å². The number of carbonyl (C=O) groups is 2. The second-order valence-corrected chi connectivity index (χ2v) is 10.4. The van der Waals surface area contributed by atoms with E-state index in [9.17, 15) is 9.59 Å². The molecule has 5 heteroatoms. The predicted octanol–water partition coefficient (Wildman–Crippen LogP) is 3.50. The fourth-order valence-corrected chi connectivity index (χ4v) is 5.86. The molecule has 21 heavy (non-hydrogen) atoms. The minimum Gasteiger partial charge on any atom is -0.468 e. The van der Waals surface area contributed by atoms with E-state index in [2.05, 4.69) is 36.8 Å². The van der Waals surface area contributed by atoms with Crippen LogP contribution in [0.3, 0.4) is 0 Å². The normalized spacial score (nSPS) is 11.7. The standard InChI is InChI=1S/C16H28O4Si/c1-7-21(8-2,9-3)13(4)11-10-12-14(15(17)19-5)16(18)20-6/h10-11,14H,4,7-9,12H2,1-3,5-6H3/b11-10+. The summed E-state index contributed by atoms with van der Waals surface area (Å²) in [6.07, 6.45) is 4.09. The lowest BCUT2D eigenvalue weighted by atomic mass is 10.1. The largest absolute Gasteiger partial charge is 0.468 e. The molecule has 0 aromatic carbocycles. The molecular formula is C16H28O4Si. The summed E-state index contributed by atoms with van der Waals surface area (Å²) < 4.78 is 9.27. The Labute approximate surface area is 129 Å². The maximum Gasteiger partial charge on any atom is 0.320 e. The Balaban J connectivity index is 4.91. The molecule has 0 aliphatic carbocycles. The second-order valence-electron chi connectivity index (χ2n) is 5.10. The molecule has 0 N–H and O–H groups in total. The summed E-state index contributed by atoms with van der Waals surface area (Å²) in [4.78, 5) is 23.2. The fraction of sp³-hybridized carbons (Fsp3) is 0.625. The summed E-state index contributed by atoms with van der Waals surface area (Å²) in [6.45, 7) is 10.8. The number of methoxy groups -OCH3 is 2. The Morgan fingerprint density at radius 3 is 1.81 bits per heavy atom. The Kier molecular flexibility index (Phi) is 8.93. The maximum atomic E-state index is 11.6. The van der Waals surface area contributed by atoms with E-state index in [1.165, 1.54) is 19.4 Å². The molecule has 0 spiro atoms. The second kappa shape index (κ2) is 9.55. The SMILES string of the molecule is C=C(/C=C/CC(C(=O)OC)C(=O)OC)[Si](CC)(CC)CC. The van der Waals surface area contributed by atoms with Crippen molar-refractivity contribution in [3.8, 4) is 0 Å². The molecule has 0 heterocycles. The van der Waals surface area contributed by atoms with Crippen molar-refractivity contribution < 1.29 is 19.1 Å². The molecule has 0 aliphatic heterocycles. The van der Waals surface area contributed by atoms with Crippen molar-refractivity contribution >= 4 is 20.0 Å². The summed E-state index contributed by atoms with van der Waals surface area (Å²) in [5, 5.41) is 1.17. The third-order valence-corrected chi connectivity index (χ3v) is 9.96. The zero-order valence-corrected chi connectivity index (χ0v) is 14.9. The van der Waals surface area contributed by atoms with Crippen molar-refractivity contribution in [2.45, 2.75) is 45.3 Å². The highest BCUT2D eigenvalue weighted by Gasteiger charge is 2.30. The van der Waals surface area contributed by atoms with Gasteiger partial charge in [-0.05, 0) is 6.42 Å². The van der Waals surface area contributed by atoms with Gasteiger partial charge in [0.1, 0.15) is 0 Å². The highest BCUT2D eigenvalue weighted by atomic mass is 28.3. The van der Waals surface area contributed by atoms with E-state index in [1.54, 1.807) is 0 Å². The van der Waals surface area contributed by atoms with Crippen molar-refractivity contribution in [2.75, 3.05) is 14.2 Å². The highest BCUT2D eigenvalue weighted by Crippen LogP contribution is 2.28. The smallest absolute Gasteiger partial charge is 0.320 e. The van der Waals surface area contributed by atoms with E-state index in [1.807, 2.05) is 12.2 Å². The number of rotatable bonds is 9. The first-order valence-corrected chi connectivity index (χ1v) is 10.1. The van der Waals surface area contributed by atoms with Crippen LogP contribution in [0.2, 0.25) is 18.1 Å². The van der Waals surface area contributed by atoms with Crippen LogP contribution in [0.1, 0.15) is 27.2 Å². The summed E-state index contributed by atoms with van der Waals surface area (Å²) >= 11 is 0.